The van der Waals surface area contributed by atoms with Gasteiger partial charge < -0.3 is 10.1 Å². The first-order chi connectivity index (χ1) is 10.7. The summed E-state index contributed by atoms with van der Waals surface area (Å²) in [7, 11) is 1.33. The number of halogens is 5. The van der Waals surface area contributed by atoms with Gasteiger partial charge in [0.15, 0.2) is 0 Å². The van der Waals surface area contributed by atoms with Gasteiger partial charge in [-0.3, -0.25) is 4.79 Å². The Bertz CT molecular complexity index is 750. The maximum absolute atomic E-state index is 13.8. The van der Waals surface area contributed by atoms with Crippen molar-refractivity contribution >= 4 is 27.7 Å². The van der Waals surface area contributed by atoms with E-state index in [1.807, 2.05) is 0 Å². The van der Waals surface area contributed by atoms with Gasteiger partial charge in [-0.15, -0.1) is 0 Å². The van der Waals surface area contributed by atoms with Crippen LogP contribution in [0.4, 0.5) is 23.4 Å². The highest BCUT2D eigenvalue weighted by molar-refractivity contribution is 9.10. The molecule has 0 spiro atoms. The van der Waals surface area contributed by atoms with Gasteiger partial charge in [0.1, 0.15) is 17.4 Å². The molecule has 23 heavy (non-hydrogen) atoms. The molecule has 0 saturated carbocycles. The smallest absolute Gasteiger partial charge is 0.416 e. The molecule has 0 aliphatic heterocycles. The number of benzene rings is 1. The van der Waals surface area contributed by atoms with Gasteiger partial charge >= 0.3 is 6.18 Å². The van der Waals surface area contributed by atoms with Gasteiger partial charge in [0.05, 0.1) is 22.7 Å². The lowest BCUT2D eigenvalue weighted by molar-refractivity contribution is -0.137. The quantitative estimate of drug-likeness (QED) is 0.793. The van der Waals surface area contributed by atoms with E-state index in [1.165, 1.54) is 7.11 Å². The third-order valence-corrected chi connectivity index (χ3v) is 3.43. The molecule has 0 unspecified atom stereocenters. The molecule has 122 valence electrons. The van der Waals surface area contributed by atoms with E-state index in [0.29, 0.717) is 10.5 Å². The molecular weight excluding hydrogens is 384 g/mol. The lowest BCUT2D eigenvalue weighted by Gasteiger charge is -2.10. The van der Waals surface area contributed by atoms with Crippen LogP contribution in [0.15, 0.2) is 34.9 Å². The van der Waals surface area contributed by atoms with Crippen LogP contribution in [0, 0.1) is 5.82 Å². The topological polar surface area (TPSA) is 51.2 Å². The molecule has 0 atom stereocenters. The summed E-state index contributed by atoms with van der Waals surface area (Å²) >= 11 is 3.05. The van der Waals surface area contributed by atoms with Gasteiger partial charge in [0, 0.05) is 6.20 Å². The number of aromatic nitrogens is 1. The van der Waals surface area contributed by atoms with E-state index in [2.05, 4.69) is 26.2 Å². The molecule has 1 amide bonds. The lowest BCUT2D eigenvalue weighted by Crippen LogP contribution is -2.16. The van der Waals surface area contributed by atoms with Gasteiger partial charge in [-0.2, -0.15) is 13.2 Å². The van der Waals surface area contributed by atoms with Crippen LogP contribution < -0.4 is 10.1 Å². The molecule has 4 nitrogen and oxygen atoms in total. The molecule has 0 fully saturated rings. The standard InChI is InChI=1S/C14H9BrF4N2O2/c1-23-11-5-8(10(16)6-9(11)15)13(22)21-12-4-7(2-3-20-12)14(17,18)19/h2-6H,1H3,(H,20,21,22). The third-order valence-electron chi connectivity index (χ3n) is 2.81. The number of anilines is 1. The first-order valence-corrected chi connectivity index (χ1v) is 6.89. The predicted molar refractivity (Wildman–Crippen MR) is 77.8 cm³/mol. The molecule has 2 aromatic rings. The second-order valence-corrected chi connectivity index (χ2v) is 5.20. The number of hydrogen-bond acceptors (Lipinski definition) is 3. The van der Waals surface area contributed by atoms with Crippen LogP contribution in [0.2, 0.25) is 0 Å². The number of nitrogens with one attached hydrogen (secondary N) is 1. The third kappa shape index (κ3) is 3.98. The summed E-state index contributed by atoms with van der Waals surface area (Å²) in [5.74, 6) is -1.94. The lowest BCUT2D eigenvalue weighted by atomic mass is 10.2. The summed E-state index contributed by atoms with van der Waals surface area (Å²) in [6.45, 7) is 0. The van der Waals surface area contributed by atoms with E-state index in [0.717, 1.165) is 24.4 Å². The molecule has 0 saturated heterocycles. The Morgan fingerprint density at radius 2 is 2.00 bits per heavy atom. The monoisotopic (exact) mass is 392 g/mol. The van der Waals surface area contributed by atoms with Gasteiger partial charge in [-0.1, -0.05) is 0 Å². The van der Waals surface area contributed by atoms with Crippen LogP contribution in [0.3, 0.4) is 0 Å². The van der Waals surface area contributed by atoms with Crippen molar-refractivity contribution in [3.63, 3.8) is 0 Å². The SMILES string of the molecule is COc1cc(C(=O)Nc2cc(C(F)(F)F)ccn2)c(F)cc1Br. The Morgan fingerprint density at radius 1 is 1.30 bits per heavy atom. The van der Waals surface area contributed by atoms with Crippen LogP contribution in [0.5, 0.6) is 5.75 Å². The first-order valence-electron chi connectivity index (χ1n) is 6.10. The summed E-state index contributed by atoms with van der Waals surface area (Å²) in [4.78, 5) is 15.6. The van der Waals surface area contributed by atoms with Crippen molar-refractivity contribution in [1.82, 2.24) is 4.98 Å². The number of rotatable bonds is 3. The highest BCUT2D eigenvalue weighted by atomic mass is 79.9. The van der Waals surface area contributed by atoms with Gasteiger partial charge in [-0.25, -0.2) is 9.37 Å². The minimum absolute atomic E-state index is 0.202. The Morgan fingerprint density at radius 3 is 2.61 bits per heavy atom. The molecule has 1 heterocycles. The zero-order valence-electron chi connectivity index (χ0n) is 11.5. The number of carbonyl (C=O) groups is 1. The molecule has 0 aliphatic rings. The minimum atomic E-state index is -4.57. The van der Waals surface area contributed by atoms with Gasteiger partial charge in [-0.05, 0) is 40.2 Å². The molecule has 0 bridgehead atoms. The fourth-order valence-corrected chi connectivity index (χ4v) is 2.20. The van der Waals surface area contributed by atoms with E-state index in [4.69, 9.17) is 4.74 Å². The number of alkyl halides is 3. The zero-order chi connectivity index (χ0) is 17.2. The molecular formula is C14H9BrF4N2O2. The number of nitrogens with zero attached hydrogens (tertiary/aromatic N) is 1. The van der Waals surface area contributed by atoms with Crippen LogP contribution >= 0.6 is 15.9 Å². The maximum Gasteiger partial charge on any atom is 0.416 e. The Kier molecular flexibility index (Phi) is 4.88. The first kappa shape index (κ1) is 17.2. The largest absolute Gasteiger partial charge is 0.496 e. The van der Waals surface area contributed by atoms with Crippen molar-refractivity contribution in [1.29, 1.82) is 0 Å². The van der Waals surface area contributed by atoms with Crippen LogP contribution in [-0.4, -0.2) is 18.0 Å². The van der Waals surface area contributed by atoms with E-state index >= 15 is 0 Å². The number of amides is 1. The van der Waals surface area contributed by atoms with Crippen LogP contribution in [-0.2, 0) is 6.18 Å². The fraction of sp³-hybridized carbons (Fsp3) is 0.143. The normalized spacial score (nSPS) is 11.2. The van der Waals surface area contributed by atoms with Crippen molar-refractivity contribution in [3.8, 4) is 5.75 Å². The van der Waals surface area contributed by atoms with E-state index in [1.54, 1.807) is 0 Å². The number of hydrogen-bond donors (Lipinski definition) is 1. The van der Waals surface area contributed by atoms with E-state index in [9.17, 15) is 22.4 Å². The molecule has 1 aromatic heterocycles. The van der Waals surface area contributed by atoms with Crippen molar-refractivity contribution in [2.24, 2.45) is 0 Å². The predicted octanol–water partition coefficient (Wildman–Crippen LogP) is 4.26. The molecule has 2 rings (SSSR count). The summed E-state index contributed by atoms with van der Waals surface area (Å²) < 4.78 is 56.9. The Labute approximate surface area is 136 Å². The average Bonchev–Trinajstić information content (AvgIpc) is 2.46. The van der Waals surface area contributed by atoms with Crippen LogP contribution in [0.25, 0.3) is 0 Å². The molecule has 0 radical (unpaired) electrons. The number of carbonyl (C=O) groups excluding carboxylic acids is 1. The molecule has 9 heteroatoms. The van der Waals surface area contributed by atoms with Gasteiger partial charge in [0.2, 0.25) is 0 Å². The second kappa shape index (κ2) is 6.53. The van der Waals surface area contributed by atoms with Crippen molar-refractivity contribution in [2.45, 2.75) is 6.18 Å². The van der Waals surface area contributed by atoms with Crippen molar-refractivity contribution in [2.75, 3.05) is 12.4 Å². The zero-order valence-corrected chi connectivity index (χ0v) is 13.1. The summed E-state index contributed by atoms with van der Waals surface area (Å²) in [5, 5.41) is 2.12. The Hall–Kier alpha value is -2.16. The fourth-order valence-electron chi connectivity index (χ4n) is 1.72. The van der Waals surface area contributed by atoms with Crippen molar-refractivity contribution < 1.29 is 27.1 Å². The highest BCUT2D eigenvalue weighted by Crippen LogP contribution is 2.31. The number of ether oxygens (including phenoxy) is 1. The molecule has 1 aromatic carbocycles. The number of pyridine rings is 1. The maximum atomic E-state index is 13.8. The van der Waals surface area contributed by atoms with Gasteiger partial charge in [0.25, 0.3) is 5.91 Å². The summed E-state index contributed by atoms with van der Waals surface area (Å²) in [6.07, 6.45) is -3.68. The molecule has 1 N–H and O–H groups in total. The number of methoxy groups -OCH3 is 1. The van der Waals surface area contributed by atoms with Crippen molar-refractivity contribution in [3.05, 3.63) is 51.9 Å². The van der Waals surface area contributed by atoms with E-state index in [-0.39, 0.29) is 17.1 Å². The minimum Gasteiger partial charge on any atom is -0.496 e. The van der Waals surface area contributed by atoms with E-state index < -0.39 is 23.5 Å². The highest BCUT2D eigenvalue weighted by Gasteiger charge is 2.31. The second-order valence-electron chi connectivity index (χ2n) is 4.35. The average molecular weight is 393 g/mol. The Balaban J connectivity index is 2.30. The molecule has 0 aliphatic carbocycles. The summed E-state index contributed by atoms with van der Waals surface area (Å²) in [6, 6.07) is 3.57. The summed E-state index contributed by atoms with van der Waals surface area (Å²) in [5.41, 5.74) is -1.36. The van der Waals surface area contributed by atoms with Crippen LogP contribution in [0.1, 0.15) is 15.9 Å².